The van der Waals surface area contributed by atoms with E-state index < -0.39 is 0 Å². The maximum Gasteiger partial charge on any atom is 0 e. The Morgan fingerprint density at radius 3 is 2.21 bits per heavy atom. The van der Waals surface area contributed by atoms with Gasteiger partial charge in [-0.2, -0.15) is 16.7 Å². The minimum atomic E-state index is 0. The fourth-order valence-electron chi connectivity index (χ4n) is 3.70. The van der Waals surface area contributed by atoms with Crippen LogP contribution in [0.1, 0.15) is 58.6 Å². The molecular weight excluding hydrogens is 455 g/mol. The molecule has 1 unspecified atom stereocenters. The SMILES string of the molecule is CCCC1(C)[C-]=C(C)C(C)=C1C.Cc1c[c-](C)c2ccccc12.[Hf]. The van der Waals surface area contributed by atoms with Crippen molar-refractivity contribution in [2.45, 2.75) is 61.3 Å². The van der Waals surface area contributed by atoms with Gasteiger partial charge >= 0.3 is 0 Å². The number of allylic oxidation sites excluding steroid dienone is 4. The molecule has 0 N–H and O–H groups in total. The van der Waals surface area contributed by atoms with Crippen molar-refractivity contribution in [2.75, 3.05) is 0 Å². The molecule has 2 aromatic rings. The summed E-state index contributed by atoms with van der Waals surface area (Å²) in [5.74, 6) is 0. The minimum absolute atomic E-state index is 0. The van der Waals surface area contributed by atoms with E-state index in [0.717, 1.165) is 0 Å². The van der Waals surface area contributed by atoms with E-state index in [1.807, 2.05) is 0 Å². The number of benzene rings is 1. The van der Waals surface area contributed by atoms with E-state index in [-0.39, 0.29) is 31.3 Å². The van der Waals surface area contributed by atoms with Gasteiger partial charge in [-0.1, -0.05) is 65.9 Å². The molecular formula is C23H30Hf-2. The summed E-state index contributed by atoms with van der Waals surface area (Å²) in [6.07, 6.45) is 6.04. The summed E-state index contributed by atoms with van der Waals surface area (Å²) >= 11 is 0. The van der Waals surface area contributed by atoms with Gasteiger partial charge in [-0.3, -0.25) is 6.08 Å². The van der Waals surface area contributed by atoms with Gasteiger partial charge in [0.2, 0.25) is 0 Å². The molecule has 1 atom stereocenters. The van der Waals surface area contributed by atoms with Crippen molar-refractivity contribution in [3.05, 3.63) is 64.3 Å². The maximum atomic E-state index is 3.57. The summed E-state index contributed by atoms with van der Waals surface area (Å²) in [6, 6.07) is 10.8. The number of rotatable bonds is 2. The second kappa shape index (κ2) is 8.52. The third-order valence-electron chi connectivity index (χ3n) is 5.38. The molecule has 2 aromatic carbocycles. The monoisotopic (exact) mass is 486 g/mol. The van der Waals surface area contributed by atoms with Crippen molar-refractivity contribution in [3.63, 3.8) is 0 Å². The summed E-state index contributed by atoms with van der Waals surface area (Å²) in [7, 11) is 0. The van der Waals surface area contributed by atoms with Gasteiger partial charge in [-0.05, 0) is 0 Å². The Bertz CT molecular complexity index is 721. The van der Waals surface area contributed by atoms with E-state index >= 15 is 0 Å². The van der Waals surface area contributed by atoms with Crippen LogP contribution in [0.15, 0.2) is 47.1 Å². The molecule has 0 spiro atoms. The molecule has 1 aliphatic rings. The average Bonchev–Trinajstić information content (AvgIpc) is 2.91. The van der Waals surface area contributed by atoms with Crippen LogP contribution in [-0.2, 0) is 25.8 Å². The first-order valence-electron chi connectivity index (χ1n) is 8.72. The zero-order chi connectivity index (χ0) is 17.2. The average molecular weight is 485 g/mol. The van der Waals surface area contributed by atoms with Gasteiger partial charge in [0.15, 0.2) is 0 Å². The first kappa shape index (κ1) is 21.2. The van der Waals surface area contributed by atoms with Crippen molar-refractivity contribution in [2.24, 2.45) is 5.41 Å². The van der Waals surface area contributed by atoms with Crippen LogP contribution in [0, 0.1) is 25.3 Å². The second-order valence-electron chi connectivity index (χ2n) is 7.14. The molecule has 0 radical (unpaired) electrons. The van der Waals surface area contributed by atoms with Crippen LogP contribution >= 0.6 is 0 Å². The van der Waals surface area contributed by atoms with Crippen LogP contribution in [0.2, 0.25) is 0 Å². The van der Waals surface area contributed by atoms with E-state index in [0.29, 0.717) is 0 Å². The molecule has 0 nitrogen and oxygen atoms in total. The van der Waals surface area contributed by atoms with Gasteiger partial charge in [0.25, 0.3) is 0 Å². The zero-order valence-corrected chi connectivity index (χ0v) is 19.9. The van der Waals surface area contributed by atoms with E-state index in [9.17, 15) is 0 Å². The van der Waals surface area contributed by atoms with Crippen LogP contribution in [0.3, 0.4) is 0 Å². The standard InChI is InChI=1S/C12H19.C11H11.Hf/c1-6-7-12(5)8-9(2)10(3)11(12)4;1-8-7-9(2)11-6-4-3-5-10(8)11;/h6-7H2,1-5H3;3-7H,1-2H3;/q2*-1;. The summed E-state index contributed by atoms with van der Waals surface area (Å²) in [4.78, 5) is 0. The molecule has 0 amide bonds. The summed E-state index contributed by atoms with van der Waals surface area (Å²) in [5.41, 5.74) is 7.33. The Hall–Kier alpha value is -0.820. The van der Waals surface area contributed by atoms with Gasteiger partial charge < -0.3 is 0 Å². The summed E-state index contributed by atoms with van der Waals surface area (Å²) < 4.78 is 0. The predicted molar refractivity (Wildman–Crippen MR) is 103 cm³/mol. The molecule has 0 fully saturated rings. The van der Waals surface area contributed by atoms with Crippen LogP contribution in [0.5, 0.6) is 0 Å². The smallest absolute Gasteiger partial charge is 0 e. The Morgan fingerprint density at radius 1 is 1.08 bits per heavy atom. The molecule has 0 saturated heterocycles. The van der Waals surface area contributed by atoms with Crippen LogP contribution < -0.4 is 0 Å². The third kappa shape index (κ3) is 4.23. The number of hydrogen-bond donors (Lipinski definition) is 0. The predicted octanol–water partition coefficient (Wildman–Crippen LogP) is 7.07. The Labute approximate surface area is 167 Å². The fourth-order valence-corrected chi connectivity index (χ4v) is 3.70. The van der Waals surface area contributed by atoms with Crippen molar-refractivity contribution in [3.8, 4) is 0 Å². The Balaban J connectivity index is 0.000000231. The summed E-state index contributed by atoms with van der Waals surface area (Å²) in [5, 5.41) is 2.79. The maximum absolute atomic E-state index is 3.57. The number of hydrogen-bond acceptors (Lipinski definition) is 0. The summed E-state index contributed by atoms with van der Waals surface area (Å²) in [6.45, 7) is 15.5. The topological polar surface area (TPSA) is 0 Å². The fraction of sp³-hybridized carbons (Fsp3) is 0.435. The second-order valence-corrected chi connectivity index (χ2v) is 7.14. The van der Waals surface area contributed by atoms with Crippen molar-refractivity contribution in [1.82, 2.24) is 0 Å². The third-order valence-corrected chi connectivity index (χ3v) is 5.38. The van der Waals surface area contributed by atoms with Crippen LogP contribution in [0.25, 0.3) is 10.8 Å². The molecule has 0 heterocycles. The van der Waals surface area contributed by atoms with E-state index in [2.05, 4.69) is 84.9 Å². The zero-order valence-electron chi connectivity index (χ0n) is 16.3. The van der Waals surface area contributed by atoms with Crippen molar-refractivity contribution in [1.29, 1.82) is 0 Å². The molecule has 128 valence electrons. The Kier molecular flexibility index (Phi) is 7.53. The number of fused-ring (bicyclic) bond motifs is 1. The largest absolute Gasteiger partial charge is 0.263 e. The molecule has 0 saturated carbocycles. The van der Waals surface area contributed by atoms with E-state index in [1.165, 1.54) is 51.5 Å². The Morgan fingerprint density at radius 2 is 1.71 bits per heavy atom. The van der Waals surface area contributed by atoms with Gasteiger partial charge in [0, 0.05) is 25.8 Å². The normalized spacial score (nSPS) is 19.7. The minimum Gasteiger partial charge on any atom is -0.263 e. The van der Waals surface area contributed by atoms with Crippen molar-refractivity contribution >= 4 is 10.8 Å². The van der Waals surface area contributed by atoms with Gasteiger partial charge in [0.1, 0.15) is 0 Å². The molecule has 1 aliphatic carbocycles. The molecule has 0 aliphatic heterocycles. The van der Waals surface area contributed by atoms with Gasteiger partial charge in [-0.25, -0.2) is 5.57 Å². The molecule has 0 aromatic heterocycles. The van der Waals surface area contributed by atoms with E-state index in [4.69, 9.17) is 0 Å². The van der Waals surface area contributed by atoms with Crippen molar-refractivity contribution < 1.29 is 25.8 Å². The van der Waals surface area contributed by atoms with Gasteiger partial charge in [0.05, 0.1) is 0 Å². The van der Waals surface area contributed by atoms with E-state index in [1.54, 1.807) is 0 Å². The first-order valence-corrected chi connectivity index (χ1v) is 8.72. The van der Waals surface area contributed by atoms with Gasteiger partial charge in [-0.15, -0.1) is 47.5 Å². The molecule has 24 heavy (non-hydrogen) atoms. The first-order chi connectivity index (χ1) is 10.8. The molecule has 1 heteroatoms. The quantitative estimate of drug-likeness (QED) is 0.316. The van der Waals surface area contributed by atoms with Crippen LogP contribution in [-0.4, -0.2) is 0 Å². The van der Waals surface area contributed by atoms with Crippen LogP contribution in [0.4, 0.5) is 0 Å². The molecule has 3 rings (SSSR count). The number of aryl methyl sites for hydroxylation is 2. The molecule has 0 bridgehead atoms.